The van der Waals surface area contributed by atoms with Crippen LogP contribution >= 0.6 is 12.4 Å². The van der Waals surface area contributed by atoms with Gasteiger partial charge in [-0.1, -0.05) is 6.07 Å². The van der Waals surface area contributed by atoms with Gasteiger partial charge in [-0.15, -0.1) is 12.4 Å². The number of nitrogens with one attached hydrogen (secondary N) is 1. The number of nitrogens with two attached hydrogens (primary N) is 1. The van der Waals surface area contributed by atoms with Crippen LogP contribution in [0.1, 0.15) is 31.7 Å². The van der Waals surface area contributed by atoms with Crippen LogP contribution in [0, 0.1) is 17.6 Å². The molecule has 1 saturated carbocycles. The summed E-state index contributed by atoms with van der Waals surface area (Å²) in [6.07, 6.45) is 0.669. The Labute approximate surface area is 123 Å². The molecule has 1 aromatic carbocycles. The fourth-order valence-electron chi connectivity index (χ4n) is 2.04. The first-order valence-corrected chi connectivity index (χ1v) is 6.29. The number of carbonyl (C=O) groups is 1. The lowest BCUT2D eigenvalue weighted by molar-refractivity contribution is -0.122. The van der Waals surface area contributed by atoms with Gasteiger partial charge in [-0.25, -0.2) is 8.78 Å². The summed E-state index contributed by atoms with van der Waals surface area (Å²) in [4.78, 5) is 11.9. The summed E-state index contributed by atoms with van der Waals surface area (Å²) >= 11 is 0. The molecule has 0 heterocycles. The molecule has 1 fully saturated rings. The Bertz CT molecular complexity index is 502. The molecule has 2 unspecified atom stereocenters. The number of hydrogen-bond acceptors (Lipinski definition) is 2. The van der Waals surface area contributed by atoms with Crippen molar-refractivity contribution in [3.63, 3.8) is 0 Å². The second-order valence-corrected chi connectivity index (χ2v) is 5.83. The van der Waals surface area contributed by atoms with Gasteiger partial charge in [0.2, 0.25) is 5.91 Å². The first kappa shape index (κ1) is 16.9. The van der Waals surface area contributed by atoms with E-state index in [2.05, 4.69) is 5.32 Å². The van der Waals surface area contributed by atoms with Crippen molar-refractivity contribution in [2.75, 3.05) is 6.54 Å². The van der Waals surface area contributed by atoms with Gasteiger partial charge in [0.05, 0.1) is 0 Å². The maximum absolute atomic E-state index is 13.1. The molecule has 112 valence electrons. The van der Waals surface area contributed by atoms with E-state index >= 15 is 0 Å². The highest BCUT2D eigenvalue weighted by atomic mass is 35.5. The third-order valence-electron chi connectivity index (χ3n) is 3.22. The van der Waals surface area contributed by atoms with Gasteiger partial charge < -0.3 is 11.1 Å². The van der Waals surface area contributed by atoms with Crippen molar-refractivity contribution in [1.29, 1.82) is 0 Å². The molecule has 1 aromatic rings. The molecule has 3 N–H and O–H groups in total. The van der Waals surface area contributed by atoms with E-state index in [0.717, 1.165) is 6.07 Å². The zero-order valence-electron chi connectivity index (χ0n) is 11.5. The van der Waals surface area contributed by atoms with Crippen LogP contribution in [0.5, 0.6) is 0 Å². The van der Waals surface area contributed by atoms with E-state index < -0.39 is 17.2 Å². The Morgan fingerprint density at radius 1 is 1.40 bits per heavy atom. The van der Waals surface area contributed by atoms with E-state index in [1.807, 2.05) is 13.8 Å². The zero-order chi connectivity index (χ0) is 14.2. The van der Waals surface area contributed by atoms with Crippen LogP contribution in [0.2, 0.25) is 0 Å². The van der Waals surface area contributed by atoms with Crippen LogP contribution in [0.3, 0.4) is 0 Å². The van der Waals surface area contributed by atoms with Crippen LogP contribution in [0.15, 0.2) is 18.2 Å². The Morgan fingerprint density at radius 3 is 2.60 bits per heavy atom. The minimum absolute atomic E-state index is 0. The molecule has 0 radical (unpaired) electrons. The largest absolute Gasteiger partial charge is 0.354 e. The third kappa shape index (κ3) is 4.15. The third-order valence-corrected chi connectivity index (χ3v) is 3.22. The van der Waals surface area contributed by atoms with E-state index in [-0.39, 0.29) is 30.2 Å². The summed E-state index contributed by atoms with van der Waals surface area (Å²) in [5, 5.41) is 2.78. The van der Waals surface area contributed by atoms with Gasteiger partial charge in [0.25, 0.3) is 0 Å². The lowest BCUT2D eigenvalue weighted by Crippen LogP contribution is -2.45. The Hall–Kier alpha value is -1.20. The molecule has 0 saturated heterocycles. The summed E-state index contributed by atoms with van der Waals surface area (Å²) in [5.74, 6) is -1.99. The molecular weight excluding hydrogens is 286 g/mol. The lowest BCUT2D eigenvalue weighted by Gasteiger charge is -2.18. The van der Waals surface area contributed by atoms with Gasteiger partial charge in [-0.3, -0.25) is 4.79 Å². The highest BCUT2D eigenvalue weighted by Crippen LogP contribution is 2.47. The average molecular weight is 305 g/mol. The van der Waals surface area contributed by atoms with Crippen molar-refractivity contribution < 1.29 is 13.6 Å². The second kappa shape index (κ2) is 6.06. The first-order chi connectivity index (χ1) is 8.78. The molecular formula is C14H19ClF2N2O. The summed E-state index contributed by atoms with van der Waals surface area (Å²) in [5.41, 5.74) is 6.00. The zero-order valence-corrected chi connectivity index (χ0v) is 12.3. The van der Waals surface area contributed by atoms with Crippen LogP contribution in [-0.4, -0.2) is 18.0 Å². The molecule has 1 aliphatic rings. The quantitative estimate of drug-likeness (QED) is 0.897. The molecule has 20 heavy (non-hydrogen) atoms. The number of halogens is 3. The van der Waals surface area contributed by atoms with Crippen molar-refractivity contribution in [3.05, 3.63) is 35.4 Å². The van der Waals surface area contributed by atoms with Crippen molar-refractivity contribution in [3.8, 4) is 0 Å². The number of amides is 1. The maximum Gasteiger partial charge on any atom is 0.223 e. The summed E-state index contributed by atoms with van der Waals surface area (Å²) in [6, 6.07) is 3.80. The van der Waals surface area contributed by atoms with Gasteiger partial charge in [-0.2, -0.15) is 0 Å². The van der Waals surface area contributed by atoms with Gasteiger partial charge in [-0.05, 0) is 43.9 Å². The average Bonchev–Trinajstić information content (AvgIpc) is 3.09. The van der Waals surface area contributed by atoms with E-state index in [0.29, 0.717) is 18.5 Å². The normalized spacial score (nSPS) is 21.1. The Morgan fingerprint density at radius 2 is 2.05 bits per heavy atom. The minimum atomic E-state index is -0.869. The van der Waals surface area contributed by atoms with Crippen LogP contribution in [0.4, 0.5) is 8.78 Å². The predicted octanol–water partition coefficient (Wildman–Crippen LogP) is 2.34. The number of benzene rings is 1. The van der Waals surface area contributed by atoms with Crippen LogP contribution in [0.25, 0.3) is 0 Å². The molecule has 1 amide bonds. The summed E-state index contributed by atoms with van der Waals surface area (Å²) < 4.78 is 25.9. The van der Waals surface area contributed by atoms with Crippen molar-refractivity contribution in [2.24, 2.45) is 11.7 Å². The maximum atomic E-state index is 13.1. The molecule has 2 atom stereocenters. The van der Waals surface area contributed by atoms with Crippen molar-refractivity contribution in [1.82, 2.24) is 5.32 Å². The van der Waals surface area contributed by atoms with E-state index in [9.17, 15) is 13.6 Å². The molecule has 0 bridgehead atoms. The first-order valence-electron chi connectivity index (χ1n) is 6.29. The van der Waals surface area contributed by atoms with Gasteiger partial charge in [0, 0.05) is 18.0 Å². The highest BCUT2D eigenvalue weighted by molar-refractivity contribution is 5.85. The fraction of sp³-hybridized carbons (Fsp3) is 0.500. The molecule has 0 spiro atoms. The second-order valence-electron chi connectivity index (χ2n) is 5.83. The Kier molecular flexibility index (Phi) is 5.10. The summed E-state index contributed by atoms with van der Waals surface area (Å²) in [7, 11) is 0. The predicted molar refractivity (Wildman–Crippen MR) is 75.7 cm³/mol. The molecule has 2 rings (SSSR count). The number of carbonyl (C=O) groups excluding carboxylic acids is 1. The molecule has 6 heteroatoms. The van der Waals surface area contributed by atoms with Crippen molar-refractivity contribution in [2.45, 2.75) is 31.7 Å². The van der Waals surface area contributed by atoms with Crippen LogP contribution < -0.4 is 11.1 Å². The fourth-order valence-corrected chi connectivity index (χ4v) is 2.04. The van der Waals surface area contributed by atoms with Gasteiger partial charge in [0.15, 0.2) is 11.6 Å². The number of rotatable bonds is 4. The number of hydrogen-bond donors (Lipinski definition) is 2. The summed E-state index contributed by atoms with van der Waals surface area (Å²) in [6.45, 7) is 4.05. The topological polar surface area (TPSA) is 55.1 Å². The molecule has 0 aliphatic heterocycles. The molecule has 1 aliphatic carbocycles. The molecule has 0 aromatic heterocycles. The van der Waals surface area contributed by atoms with Gasteiger partial charge in [0.1, 0.15) is 0 Å². The molecule has 3 nitrogen and oxygen atoms in total. The lowest BCUT2D eigenvalue weighted by atomic mass is 10.1. The van der Waals surface area contributed by atoms with E-state index in [1.165, 1.54) is 12.1 Å². The van der Waals surface area contributed by atoms with Gasteiger partial charge >= 0.3 is 0 Å². The SMILES string of the molecule is CC(C)(N)CNC(=O)C1CC1c1ccc(F)c(F)c1.Cl. The van der Waals surface area contributed by atoms with Crippen LogP contribution in [-0.2, 0) is 4.79 Å². The smallest absolute Gasteiger partial charge is 0.223 e. The monoisotopic (exact) mass is 304 g/mol. The standard InChI is InChI=1S/C14H18F2N2O.ClH/c1-14(2,17)7-18-13(19)10-6-9(10)8-3-4-11(15)12(16)5-8;/h3-5,9-10H,6-7,17H2,1-2H3,(H,18,19);1H. The Balaban J connectivity index is 0.00000200. The minimum Gasteiger partial charge on any atom is -0.354 e. The van der Waals surface area contributed by atoms with Crippen molar-refractivity contribution >= 4 is 18.3 Å². The van der Waals surface area contributed by atoms with E-state index in [1.54, 1.807) is 0 Å². The highest BCUT2D eigenvalue weighted by Gasteiger charge is 2.44. The van der Waals surface area contributed by atoms with E-state index in [4.69, 9.17) is 5.73 Å².